The van der Waals surface area contributed by atoms with Gasteiger partial charge in [0, 0.05) is 21.5 Å². The lowest BCUT2D eigenvalue weighted by Crippen LogP contribution is -2.42. The summed E-state index contributed by atoms with van der Waals surface area (Å²) in [4.78, 5) is 0.251. The average molecular weight is 427 g/mol. The van der Waals surface area contributed by atoms with E-state index in [2.05, 4.69) is 31.9 Å². The van der Waals surface area contributed by atoms with E-state index in [1.54, 1.807) is 18.2 Å². The molecule has 4 nitrogen and oxygen atoms in total. The minimum atomic E-state index is -3.59. The molecule has 0 amide bonds. The lowest BCUT2D eigenvalue weighted by Gasteiger charge is -2.28. The minimum Gasteiger partial charge on any atom is -0.395 e. The fraction of sp³-hybridized carbons (Fsp3) is 0.538. The Morgan fingerprint density at radius 3 is 2.65 bits per heavy atom. The molecule has 0 saturated carbocycles. The van der Waals surface area contributed by atoms with Crippen LogP contribution in [0.25, 0.3) is 0 Å². The standard InChI is InChI=1S/C13H17Br2NO3S/c14-10-5-6-13(12(15)8-10)20(18,19)16-7-3-1-2-4-11(16)9-17/h5-6,8,11,17H,1-4,7,9H2. The summed E-state index contributed by atoms with van der Waals surface area (Å²) in [5.41, 5.74) is 0. The summed E-state index contributed by atoms with van der Waals surface area (Å²) >= 11 is 6.63. The Bertz CT molecular complexity index is 577. The third-order valence-electron chi connectivity index (χ3n) is 3.51. The lowest BCUT2D eigenvalue weighted by atomic mass is 10.1. The molecule has 1 aromatic rings. The van der Waals surface area contributed by atoms with Crippen LogP contribution in [-0.4, -0.2) is 37.0 Å². The highest BCUT2D eigenvalue weighted by Gasteiger charge is 2.33. The van der Waals surface area contributed by atoms with Gasteiger partial charge in [-0.15, -0.1) is 0 Å². The predicted molar refractivity (Wildman–Crippen MR) is 85.1 cm³/mol. The van der Waals surface area contributed by atoms with Gasteiger partial charge in [0.1, 0.15) is 0 Å². The highest BCUT2D eigenvalue weighted by atomic mass is 79.9. The second kappa shape index (κ2) is 6.87. The summed E-state index contributed by atoms with van der Waals surface area (Å²) in [7, 11) is -3.59. The molecular weight excluding hydrogens is 410 g/mol. The number of aliphatic hydroxyl groups excluding tert-OH is 1. The number of benzene rings is 1. The summed E-state index contributed by atoms with van der Waals surface area (Å²) in [5, 5.41) is 9.48. The van der Waals surface area contributed by atoms with Crippen LogP contribution >= 0.6 is 31.9 Å². The van der Waals surface area contributed by atoms with Crippen LogP contribution in [0.1, 0.15) is 25.7 Å². The van der Waals surface area contributed by atoms with E-state index in [-0.39, 0.29) is 17.5 Å². The van der Waals surface area contributed by atoms with Gasteiger partial charge in [-0.3, -0.25) is 0 Å². The SMILES string of the molecule is O=S(=O)(c1ccc(Br)cc1Br)N1CCCCCC1CO. The first kappa shape index (κ1) is 16.4. The number of nitrogens with zero attached hydrogens (tertiary/aromatic N) is 1. The van der Waals surface area contributed by atoms with Gasteiger partial charge in [0.05, 0.1) is 11.5 Å². The van der Waals surface area contributed by atoms with Crippen molar-refractivity contribution in [1.29, 1.82) is 0 Å². The molecule has 1 unspecified atom stereocenters. The molecule has 112 valence electrons. The Hall–Kier alpha value is 0.0500. The van der Waals surface area contributed by atoms with E-state index < -0.39 is 10.0 Å². The summed E-state index contributed by atoms with van der Waals surface area (Å²) in [6.07, 6.45) is 3.51. The Balaban J connectivity index is 2.41. The monoisotopic (exact) mass is 425 g/mol. The highest BCUT2D eigenvalue weighted by Crippen LogP contribution is 2.31. The predicted octanol–water partition coefficient (Wildman–Crippen LogP) is 3.14. The molecule has 2 rings (SSSR count). The number of hydrogen-bond donors (Lipinski definition) is 1. The molecule has 1 saturated heterocycles. The summed E-state index contributed by atoms with van der Waals surface area (Å²) < 4.78 is 28.4. The van der Waals surface area contributed by atoms with E-state index in [0.717, 1.165) is 23.7 Å². The summed E-state index contributed by atoms with van der Waals surface area (Å²) in [6.45, 7) is 0.337. The van der Waals surface area contributed by atoms with E-state index in [9.17, 15) is 13.5 Å². The normalized spacial score (nSPS) is 21.6. The summed E-state index contributed by atoms with van der Waals surface area (Å²) in [6, 6.07) is 4.70. The summed E-state index contributed by atoms with van der Waals surface area (Å²) in [5.74, 6) is 0. The van der Waals surface area contributed by atoms with Gasteiger partial charge in [0.2, 0.25) is 10.0 Å². The van der Waals surface area contributed by atoms with Crippen LogP contribution in [0.4, 0.5) is 0 Å². The fourth-order valence-corrected chi connectivity index (χ4v) is 5.85. The topological polar surface area (TPSA) is 57.6 Å². The zero-order chi connectivity index (χ0) is 14.8. The quantitative estimate of drug-likeness (QED) is 0.807. The van der Waals surface area contributed by atoms with Crippen LogP contribution in [0.15, 0.2) is 32.0 Å². The van der Waals surface area contributed by atoms with Gasteiger partial charge in [0.25, 0.3) is 0 Å². The van der Waals surface area contributed by atoms with E-state index in [4.69, 9.17) is 0 Å². The van der Waals surface area contributed by atoms with Gasteiger partial charge in [-0.05, 0) is 47.0 Å². The Morgan fingerprint density at radius 1 is 1.25 bits per heavy atom. The molecule has 0 spiro atoms. The van der Waals surface area contributed by atoms with Crippen molar-refractivity contribution in [3.63, 3.8) is 0 Å². The molecule has 1 fully saturated rings. The highest BCUT2D eigenvalue weighted by molar-refractivity contribution is 9.11. The third kappa shape index (κ3) is 3.44. The average Bonchev–Trinajstić information content (AvgIpc) is 2.63. The first-order chi connectivity index (χ1) is 9.46. The zero-order valence-corrected chi connectivity index (χ0v) is 14.9. The number of sulfonamides is 1. The van der Waals surface area contributed by atoms with Crippen molar-refractivity contribution >= 4 is 41.9 Å². The fourth-order valence-electron chi connectivity index (χ4n) is 2.46. The van der Waals surface area contributed by atoms with Gasteiger partial charge in [-0.25, -0.2) is 8.42 Å². The van der Waals surface area contributed by atoms with E-state index in [0.29, 0.717) is 17.4 Å². The van der Waals surface area contributed by atoms with Crippen molar-refractivity contribution in [2.75, 3.05) is 13.2 Å². The number of halogens is 2. The van der Waals surface area contributed by atoms with Crippen molar-refractivity contribution in [2.45, 2.75) is 36.6 Å². The smallest absolute Gasteiger partial charge is 0.244 e. The van der Waals surface area contributed by atoms with Crippen LogP contribution in [0.5, 0.6) is 0 Å². The first-order valence-electron chi connectivity index (χ1n) is 6.54. The molecule has 1 atom stereocenters. The largest absolute Gasteiger partial charge is 0.395 e. The minimum absolute atomic E-state index is 0.132. The van der Waals surface area contributed by atoms with E-state index in [1.807, 2.05) is 0 Å². The number of aliphatic hydroxyl groups is 1. The molecule has 1 aromatic carbocycles. The van der Waals surface area contributed by atoms with Gasteiger partial charge in [-0.2, -0.15) is 4.31 Å². The van der Waals surface area contributed by atoms with Gasteiger partial charge < -0.3 is 5.11 Å². The van der Waals surface area contributed by atoms with Crippen molar-refractivity contribution in [1.82, 2.24) is 4.31 Å². The van der Waals surface area contributed by atoms with Gasteiger partial charge >= 0.3 is 0 Å². The Morgan fingerprint density at radius 2 is 2.00 bits per heavy atom. The molecule has 0 aliphatic carbocycles. The first-order valence-corrected chi connectivity index (χ1v) is 9.57. The molecule has 0 aromatic heterocycles. The molecular formula is C13H17Br2NO3S. The van der Waals surface area contributed by atoms with Gasteiger partial charge in [-0.1, -0.05) is 28.8 Å². The van der Waals surface area contributed by atoms with Crippen LogP contribution in [-0.2, 0) is 10.0 Å². The molecule has 1 aliphatic heterocycles. The van der Waals surface area contributed by atoms with Crippen molar-refractivity contribution in [3.8, 4) is 0 Å². The molecule has 1 aliphatic rings. The number of rotatable bonds is 3. The third-order valence-corrected chi connectivity index (χ3v) is 6.94. The van der Waals surface area contributed by atoms with Crippen LogP contribution in [0.3, 0.4) is 0 Å². The maximum absolute atomic E-state index is 12.8. The Kier molecular flexibility index (Phi) is 5.64. The molecule has 1 N–H and O–H groups in total. The maximum atomic E-state index is 12.8. The van der Waals surface area contributed by atoms with Gasteiger partial charge in [0.15, 0.2) is 0 Å². The lowest BCUT2D eigenvalue weighted by molar-refractivity contribution is 0.186. The number of hydrogen-bond acceptors (Lipinski definition) is 3. The van der Waals surface area contributed by atoms with E-state index in [1.165, 1.54) is 4.31 Å². The molecule has 20 heavy (non-hydrogen) atoms. The second-order valence-electron chi connectivity index (χ2n) is 4.88. The van der Waals surface area contributed by atoms with Crippen molar-refractivity contribution in [3.05, 3.63) is 27.1 Å². The maximum Gasteiger partial charge on any atom is 0.244 e. The van der Waals surface area contributed by atoms with Crippen LogP contribution in [0.2, 0.25) is 0 Å². The molecule has 0 bridgehead atoms. The molecule has 7 heteroatoms. The second-order valence-corrected chi connectivity index (χ2v) is 8.51. The van der Waals surface area contributed by atoms with Crippen molar-refractivity contribution < 1.29 is 13.5 Å². The van der Waals surface area contributed by atoms with Crippen LogP contribution in [0, 0.1) is 0 Å². The van der Waals surface area contributed by atoms with Crippen LogP contribution < -0.4 is 0 Å². The molecule has 1 heterocycles. The van der Waals surface area contributed by atoms with E-state index >= 15 is 0 Å². The van der Waals surface area contributed by atoms with Crippen molar-refractivity contribution in [2.24, 2.45) is 0 Å². The Labute approximate surface area is 136 Å². The zero-order valence-electron chi connectivity index (χ0n) is 10.9. The molecule has 0 radical (unpaired) electrons.